The van der Waals surface area contributed by atoms with E-state index in [1.165, 1.54) is 16.2 Å². The lowest BCUT2D eigenvalue weighted by atomic mass is 10.2. The van der Waals surface area contributed by atoms with Crippen LogP contribution in [-0.2, 0) is 11.2 Å². The van der Waals surface area contributed by atoms with Crippen LogP contribution in [0.2, 0.25) is 0 Å². The van der Waals surface area contributed by atoms with E-state index in [0.29, 0.717) is 12.2 Å². The number of halogens is 2. The Kier molecular flexibility index (Phi) is 5.70. The molecule has 0 spiro atoms. The van der Waals surface area contributed by atoms with Crippen LogP contribution in [0.4, 0.5) is 0 Å². The summed E-state index contributed by atoms with van der Waals surface area (Å²) in [7, 11) is 0. The number of hydrogen-bond acceptors (Lipinski definition) is 5. The van der Waals surface area contributed by atoms with E-state index < -0.39 is 0 Å². The second kappa shape index (κ2) is 7.08. The molecule has 0 radical (unpaired) electrons. The van der Waals surface area contributed by atoms with Crippen LogP contribution >= 0.6 is 54.5 Å². The second-order valence-corrected chi connectivity index (χ2v) is 8.51. The highest BCUT2D eigenvalue weighted by Gasteiger charge is 2.13. The SMILES string of the molecule is Cc1ncsc1CCOCC(=O)c1cc(Br)sc1Br. The Balaban J connectivity index is 1.78. The molecule has 0 unspecified atom stereocenters. The number of thiazole rings is 1. The minimum Gasteiger partial charge on any atom is -0.373 e. The predicted octanol–water partition coefficient (Wildman–Crippen LogP) is 4.48. The molecule has 0 bridgehead atoms. The molecule has 7 heteroatoms. The first-order valence-corrected chi connectivity index (χ1v) is 8.81. The van der Waals surface area contributed by atoms with Crippen molar-refractivity contribution in [3.63, 3.8) is 0 Å². The zero-order valence-corrected chi connectivity index (χ0v) is 14.9. The van der Waals surface area contributed by atoms with Crippen LogP contribution in [0.15, 0.2) is 19.1 Å². The van der Waals surface area contributed by atoms with Crippen molar-refractivity contribution in [2.45, 2.75) is 13.3 Å². The van der Waals surface area contributed by atoms with Crippen LogP contribution in [0.1, 0.15) is 20.9 Å². The third kappa shape index (κ3) is 4.19. The van der Waals surface area contributed by atoms with Crippen molar-refractivity contribution in [3.8, 4) is 0 Å². The molecule has 0 aliphatic rings. The fraction of sp³-hybridized carbons (Fsp3) is 0.333. The number of hydrogen-bond donors (Lipinski definition) is 0. The van der Waals surface area contributed by atoms with E-state index in [4.69, 9.17) is 4.74 Å². The first-order chi connectivity index (χ1) is 9.08. The summed E-state index contributed by atoms with van der Waals surface area (Å²) in [6, 6.07) is 1.81. The summed E-state index contributed by atoms with van der Waals surface area (Å²) in [5.41, 5.74) is 3.55. The number of aryl methyl sites for hydroxylation is 1. The summed E-state index contributed by atoms with van der Waals surface area (Å²) in [6.45, 7) is 2.63. The molecule has 0 amide bonds. The Hall–Kier alpha value is -0.0800. The van der Waals surface area contributed by atoms with Crippen molar-refractivity contribution in [1.82, 2.24) is 4.98 Å². The number of aromatic nitrogens is 1. The molecule has 0 atom stereocenters. The minimum atomic E-state index is -0.00477. The van der Waals surface area contributed by atoms with E-state index in [2.05, 4.69) is 36.8 Å². The van der Waals surface area contributed by atoms with E-state index in [1.807, 2.05) is 18.5 Å². The third-order valence-corrected chi connectivity index (χ3v) is 5.84. The molecule has 0 aliphatic heterocycles. The van der Waals surface area contributed by atoms with Crippen molar-refractivity contribution in [3.05, 3.63) is 35.3 Å². The molecule has 2 rings (SSSR count). The van der Waals surface area contributed by atoms with Crippen LogP contribution in [-0.4, -0.2) is 24.0 Å². The smallest absolute Gasteiger partial charge is 0.190 e. The highest BCUT2D eigenvalue weighted by Crippen LogP contribution is 2.32. The number of Topliss-reactive ketones (excluding diaryl/α,β-unsaturated/α-hetero) is 1. The van der Waals surface area contributed by atoms with Gasteiger partial charge < -0.3 is 4.74 Å². The summed E-state index contributed by atoms with van der Waals surface area (Å²) in [5, 5.41) is 0. The van der Waals surface area contributed by atoms with Gasteiger partial charge in [0.2, 0.25) is 0 Å². The second-order valence-electron chi connectivity index (χ2n) is 3.82. The molecule has 2 heterocycles. The van der Waals surface area contributed by atoms with Crippen molar-refractivity contribution in [2.75, 3.05) is 13.2 Å². The maximum atomic E-state index is 11.9. The standard InChI is InChI=1S/C12H11Br2NO2S2/c1-7-10(18-6-15-7)2-3-17-5-9(16)8-4-11(13)19-12(8)14/h4,6H,2-3,5H2,1H3. The van der Waals surface area contributed by atoms with Gasteiger partial charge in [0.15, 0.2) is 5.78 Å². The lowest BCUT2D eigenvalue weighted by molar-refractivity contribution is 0.0766. The fourth-order valence-corrected chi connectivity index (χ4v) is 5.12. The Labute approximate surface area is 136 Å². The zero-order valence-electron chi connectivity index (χ0n) is 10.1. The largest absolute Gasteiger partial charge is 0.373 e. The highest BCUT2D eigenvalue weighted by atomic mass is 79.9. The number of nitrogens with zero attached hydrogens (tertiary/aromatic N) is 1. The van der Waals surface area contributed by atoms with Gasteiger partial charge in [-0.2, -0.15) is 0 Å². The molecule has 102 valence electrons. The van der Waals surface area contributed by atoms with Crippen LogP contribution < -0.4 is 0 Å². The Morgan fingerprint density at radius 3 is 2.84 bits per heavy atom. The Morgan fingerprint density at radius 2 is 2.26 bits per heavy atom. The lowest BCUT2D eigenvalue weighted by Crippen LogP contribution is -2.10. The van der Waals surface area contributed by atoms with Crippen LogP contribution in [0.5, 0.6) is 0 Å². The summed E-state index contributed by atoms with van der Waals surface area (Å²) in [6.07, 6.45) is 0.804. The van der Waals surface area contributed by atoms with Crippen molar-refractivity contribution in [2.24, 2.45) is 0 Å². The van der Waals surface area contributed by atoms with Gasteiger partial charge in [-0.1, -0.05) is 0 Å². The lowest BCUT2D eigenvalue weighted by Gasteiger charge is -2.02. The Morgan fingerprint density at radius 1 is 1.47 bits per heavy atom. The molecule has 0 N–H and O–H groups in total. The number of ketones is 1. The van der Waals surface area contributed by atoms with Crippen molar-refractivity contribution in [1.29, 1.82) is 0 Å². The zero-order chi connectivity index (χ0) is 13.8. The average molecular weight is 425 g/mol. The summed E-state index contributed by atoms with van der Waals surface area (Å²) >= 11 is 9.84. The molecule has 19 heavy (non-hydrogen) atoms. The predicted molar refractivity (Wildman–Crippen MR) is 85.4 cm³/mol. The maximum Gasteiger partial charge on any atom is 0.190 e. The first-order valence-electron chi connectivity index (χ1n) is 5.52. The normalized spacial score (nSPS) is 10.9. The van der Waals surface area contributed by atoms with Gasteiger partial charge in [0.1, 0.15) is 6.61 Å². The van der Waals surface area contributed by atoms with E-state index in [0.717, 1.165) is 19.7 Å². The van der Waals surface area contributed by atoms with Gasteiger partial charge in [0.05, 0.1) is 25.4 Å². The van der Waals surface area contributed by atoms with Gasteiger partial charge >= 0.3 is 0 Å². The molecule has 2 aromatic rings. The van der Waals surface area contributed by atoms with Crippen LogP contribution in [0.25, 0.3) is 0 Å². The average Bonchev–Trinajstić information content (AvgIpc) is 2.91. The summed E-state index contributed by atoms with van der Waals surface area (Å²) < 4.78 is 7.21. The van der Waals surface area contributed by atoms with E-state index in [9.17, 15) is 4.79 Å². The van der Waals surface area contributed by atoms with Crippen LogP contribution in [0, 0.1) is 6.92 Å². The maximum absolute atomic E-state index is 11.9. The number of ether oxygens (including phenoxy) is 1. The molecule has 0 aliphatic carbocycles. The molecule has 0 saturated heterocycles. The number of carbonyl (C=O) groups excluding carboxylic acids is 1. The van der Waals surface area contributed by atoms with E-state index in [-0.39, 0.29) is 12.4 Å². The number of thiophene rings is 1. The molecular formula is C12H11Br2NO2S2. The van der Waals surface area contributed by atoms with Crippen molar-refractivity contribution >= 4 is 60.3 Å². The summed E-state index contributed by atoms with van der Waals surface area (Å²) in [4.78, 5) is 17.3. The van der Waals surface area contributed by atoms with Gasteiger partial charge in [-0.05, 0) is 44.8 Å². The van der Waals surface area contributed by atoms with E-state index in [1.54, 1.807) is 11.3 Å². The number of rotatable bonds is 6. The highest BCUT2D eigenvalue weighted by molar-refractivity contribution is 9.12. The minimum absolute atomic E-state index is 0.00477. The quantitative estimate of drug-likeness (QED) is 0.506. The Bertz CT molecular complexity index is 580. The molecular weight excluding hydrogens is 414 g/mol. The monoisotopic (exact) mass is 423 g/mol. The first kappa shape index (κ1) is 15.3. The van der Waals surface area contributed by atoms with Gasteiger partial charge in [-0.3, -0.25) is 4.79 Å². The van der Waals surface area contributed by atoms with Gasteiger partial charge in [0, 0.05) is 16.9 Å². The molecule has 0 aromatic carbocycles. The summed E-state index contributed by atoms with van der Waals surface area (Å²) in [5.74, 6) is -0.00477. The molecule has 3 nitrogen and oxygen atoms in total. The topological polar surface area (TPSA) is 39.2 Å². The van der Waals surface area contributed by atoms with E-state index >= 15 is 0 Å². The van der Waals surface area contributed by atoms with Gasteiger partial charge in [0.25, 0.3) is 0 Å². The van der Waals surface area contributed by atoms with Gasteiger partial charge in [-0.25, -0.2) is 4.98 Å². The van der Waals surface area contributed by atoms with Crippen LogP contribution in [0.3, 0.4) is 0 Å². The third-order valence-electron chi connectivity index (χ3n) is 2.51. The van der Waals surface area contributed by atoms with Gasteiger partial charge in [-0.15, -0.1) is 22.7 Å². The number of carbonyl (C=O) groups is 1. The van der Waals surface area contributed by atoms with Crippen molar-refractivity contribution < 1.29 is 9.53 Å². The fourth-order valence-electron chi connectivity index (χ4n) is 1.50. The molecule has 2 aromatic heterocycles. The molecule has 0 fully saturated rings. The molecule has 0 saturated carbocycles.